The van der Waals surface area contributed by atoms with Crippen molar-refractivity contribution in [3.8, 4) is 0 Å². The van der Waals surface area contributed by atoms with Crippen molar-refractivity contribution in [1.29, 1.82) is 0 Å². The molecule has 0 heterocycles. The standard InChI is InChI=1S/C21H36N2O9/c1-10(2)14(30-19(28)13(6)23-20(29)32-21(7,8)9)16(24)22-12(5)18(27)31-15(11(3)4)17(25)26/h10-15H,1-9H3,(H,22,24)(H,23,29)(H,25,26)/t12-,13+,14-,15-/m0/s1. The van der Waals surface area contributed by atoms with Gasteiger partial charge in [-0.3, -0.25) is 4.79 Å². The van der Waals surface area contributed by atoms with Crippen LogP contribution >= 0.6 is 0 Å². The average Bonchev–Trinajstić information content (AvgIpc) is 2.60. The maximum atomic E-state index is 12.6. The van der Waals surface area contributed by atoms with Crippen LogP contribution in [0.4, 0.5) is 4.79 Å². The Morgan fingerprint density at radius 3 is 1.50 bits per heavy atom. The van der Waals surface area contributed by atoms with Gasteiger partial charge in [0.25, 0.3) is 5.91 Å². The fourth-order valence-electron chi connectivity index (χ4n) is 2.32. The SMILES string of the molecule is CC(C)[C@H](OC(=O)[C@H](C)NC(=O)[C@@H](OC(=O)[C@@H](C)NC(=O)OC(C)(C)C)C(C)C)C(=O)O. The molecule has 0 rings (SSSR count). The Morgan fingerprint density at radius 1 is 0.719 bits per heavy atom. The number of esters is 2. The highest BCUT2D eigenvalue weighted by atomic mass is 16.6. The molecular weight excluding hydrogens is 424 g/mol. The summed E-state index contributed by atoms with van der Waals surface area (Å²) < 4.78 is 15.3. The second kappa shape index (κ2) is 12.3. The number of carbonyl (C=O) groups excluding carboxylic acids is 4. The molecule has 0 fully saturated rings. The molecule has 0 aliphatic carbocycles. The first-order chi connectivity index (χ1) is 14.5. The van der Waals surface area contributed by atoms with Gasteiger partial charge in [-0.2, -0.15) is 0 Å². The van der Waals surface area contributed by atoms with Gasteiger partial charge in [0.2, 0.25) is 6.10 Å². The number of amides is 2. The lowest BCUT2D eigenvalue weighted by Gasteiger charge is -2.25. The number of ether oxygens (including phenoxy) is 3. The van der Waals surface area contributed by atoms with Crippen LogP contribution in [-0.4, -0.2) is 64.9 Å². The van der Waals surface area contributed by atoms with Gasteiger partial charge in [0, 0.05) is 5.92 Å². The van der Waals surface area contributed by atoms with E-state index < -0.39 is 71.6 Å². The molecule has 184 valence electrons. The second-order valence-corrected chi connectivity index (χ2v) is 9.14. The Balaban J connectivity index is 5.04. The summed E-state index contributed by atoms with van der Waals surface area (Å²) in [6.07, 6.45) is -3.44. The van der Waals surface area contributed by atoms with Crippen molar-refractivity contribution in [2.45, 2.75) is 92.2 Å². The van der Waals surface area contributed by atoms with Crippen molar-refractivity contribution in [2.75, 3.05) is 0 Å². The number of aliphatic carboxylic acids is 1. The van der Waals surface area contributed by atoms with E-state index in [1.165, 1.54) is 13.8 Å². The van der Waals surface area contributed by atoms with Crippen LogP contribution in [0.2, 0.25) is 0 Å². The summed E-state index contributed by atoms with van der Waals surface area (Å²) in [6, 6.07) is -2.27. The molecule has 0 spiro atoms. The quantitative estimate of drug-likeness (QED) is 0.325. The molecule has 0 aromatic heterocycles. The van der Waals surface area contributed by atoms with Gasteiger partial charge in [-0.15, -0.1) is 0 Å². The van der Waals surface area contributed by atoms with Crippen molar-refractivity contribution in [3.63, 3.8) is 0 Å². The number of carboxylic acids is 1. The predicted molar refractivity (Wildman–Crippen MR) is 114 cm³/mol. The highest BCUT2D eigenvalue weighted by molar-refractivity contribution is 5.90. The molecule has 0 unspecified atom stereocenters. The van der Waals surface area contributed by atoms with Crippen molar-refractivity contribution in [1.82, 2.24) is 10.6 Å². The van der Waals surface area contributed by atoms with Crippen LogP contribution in [-0.2, 0) is 33.4 Å². The third kappa shape index (κ3) is 10.5. The van der Waals surface area contributed by atoms with E-state index in [0.717, 1.165) is 0 Å². The smallest absolute Gasteiger partial charge is 0.408 e. The summed E-state index contributed by atoms with van der Waals surface area (Å²) in [4.78, 5) is 60.1. The molecule has 0 aliphatic heterocycles. The lowest BCUT2D eigenvalue weighted by atomic mass is 10.1. The van der Waals surface area contributed by atoms with Gasteiger partial charge in [-0.05, 0) is 40.5 Å². The number of hydrogen-bond donors (Lipinski definition) is 3. The molecule has 32 heavy (non-hydrogen) atoms. The average molecular weight is 461 g/mol. The van der Waals surface area contributed by atoms with Gasteiger partial charge in [0.05, 0.1) is 0 Å². The van der Waals surface area contributed by atoms with Crippen molar-refractivity contribution < 1.29 is 43.3 Å². The Labute approximate surface area is 188 Å². The van der Waals surface area contributed by atoms with E-state index in [0.29, 0.717) is 0 Å². The van der Waals surface area contributed by atoms with Crippen LogP contribution in [0.5, 0.6) is 0 Å². The minimum atomic E-state index is -1.36. The molecule has 3 N–H and O–H groups in total. The predicted octanol–water partition coefficient (Wildman–Crippen LogP) is 1.62. The summed E-state index contributed by atoms with van der Waals surface area (Å²) >= 11 is 0. The third-order valence-corrected chi connectivity index (χ3v) is 4.00. The summed E-state index contributed by atoms with van der Waals surface area (Å²) in [5, 5.41) is 13.8. The fraction of sp³-hybridized carbons (Fsp3) is 0.762. The first-order valence-electron chi connectivity index (χ1n) is 10.4. The van der Waals surface area contributed by atoms with Gasteiger partial charge < -0.3 is 30.0 Å². The molecule has 0 aromatic rings. The largest absolute Gasteiger partial charge is 0.478 e. The van der Waals surface area contributed by atoms with Crippen LogP contribution in [0.1, 0.15) is 62.3 Å². The normalized spacial score (nSPS) is 15.2. The number of alkyl carbamates (subject to hydrolysis) is 1. The third-order valence-electron chi connectivity index (χ3n) is 4.00. The Kier molecular flexibility index (Phi) is 11.2. The molecular formula is C21H36N2O9. The molecule has 0 aromatic carbocycles. The summed E-state index contributed by atoms with van der Waals surface area (Å²) in [7, 11) is 0. The minimum absolute atomic E-state index is 0.460. The zero-order valence-electron chi connectivity index (χ0n) is 20.2. The fourth-order valence-corrected chi connectivity index (χ4v) is 2.32. The maximum Gasteiger partial charge on any atom is 0.408 e. The first kappa shape index (κ1) is 29.1. The van der Waals surface area contributed by atoms with Gasteiger partial charge in [-0.1, -0.05) is 27.7 Å². The molecule has 0 bridgehead atoms. The topological polar surface area (TPSA) is 157 Å². The van der Waals surface area contributed by atoms with Crippen molar-refractivity contribution in [3.05, 3.63) is 0 Å². The van der Waals surface area contributed by atoms with Crippen molar-refractivity contribution >= 4 is 29.9 Å². The molecule has 0 radical (unpaired) electrons. The molecule has 0 saturated heterocycles. The van der Waals surface area contributed by atoms with Crippen LogP contribution in [0.25, 0.3) is 0 Å². The summed E-state index contributed by atoms with van der Waals surface area (Å²) in [6.45, 7) is 14.1. The Bertz CT molecular complexity index is 698. The second-order valence-electron chi connectivity index (χ2n) is 9.14. The Morgan fingerprint density at radius 2 is 1.12 bits per heavy atom. The highest BCUT2D eigenvalue weighted by Gasteiger charge is 2.33. The van der Waals surface area contributed by atoms with E-state index in [1.807, 2.05) is 0 Å². The van der Waals surface area contributed by atoms with Crippen LogP contribution in [0.3, 0.4) is 0 Å². The molecule has 4 atom stereocenters. The van der Waals surface area contributed by atoms with Crippen LogP contribution in [0.15, 0.2) is 0 Å². The summed E-state index contributed by atoms with van der Waals surface area (Å²) in [5.41, 5.74) is -0.756. The number of carbonyl (C=O) groups is 5. The number of nitrogens with one attached hydrogen (secondary N) is 2. The Hall–Kier alpha value is -2.85. The molecule has 0 aliphatic rings. The van der Waals surface area contributed by atoms with E-state index in [-0.39, 0.29) is 0 Å². The summed E-state index contributed by atoms with van der Waals surface area (Å²) in [5.74, 6) is -4.80. The zero-order valence-corrected chi connectivity index (χ0v) is 20.2. The minimum Gasteiger partial charge on any atom is -0.478 e. The highest BCUT2D eigenvalue weighted by Crippen LogP contribution is 2.12. The zero-order chi connectivity index (χ0) is 25.4. The van der Waals surface area contributed by atoms with Crippen molar-refractivity contribution in [2.24, 2.45) is 11.8 Å². The van der Waals surface area contributed by atoms with E-state index in [1.54, 1.807) is 48.5 Å². The number of rotatable bonds is 10. The van der Waals surface area contributed by atoms with E-state index in [2.05, 4.69) is 10.6 Å². The van der Waals surface area contributed by atoms with E-state index in [9.17, 15) is 24.0 Å². The first-order valence-corrected chi connectivity index (χ1v) is 10.4. The van der Waals surface area contributed by atoms with E-state index in [4.69, 9.17) is 19.3 Å². The molecule has 11 heteroatoms. The van der Waals surface area contributed by atoms with Gasteiger partial charge in [-0.25, -0.2) is 19.2 Å². The van der Waals surface area contributed by atoms with Gasteiger partial charge in [0.1, 0.15) is 17.7 Å². The van der Waals surface area contributed by atoms with Gasteiger partial charge in [0.15, 0.2) is 6.10 Å². The lowest BCUT2D eigenvalue weighted by molar-refractivity contribution is -0.169. The number of hydrogen-bond acceptors (Lipinski definition) is 8. The molecule has 11 nitrogen and oxygen atoms in total. The lowest BCUT2D eigenvalue weighted by Crippen LogP contribution is -2.50. The van der Waals surface area contributed by atoms with Gasteiger partial charge >= 0.3 is 24.0 Å². The number of carboxylic acid groups (broad SMARTS) is 1. The van der Waals surface area contributed by atoms with Crippen LogP contribution in [0, 0.1) is 11.8 Å². The monoisotopic (exact) mass is 460 g/mol. The van der Waals surface area contributed by atoms with Crippen LogP contribution < -0.4 is 10.6 Å². The molecule has 0 saturated carbocycles. The molecule has 2 amide bonds. The van der Waals surface area contributed by atoms with E-state index >= 15 is 0 Å². The maximum absolute atomic E-state index is 12.6.